The van der Waals surface area contributed by atoms with Crippen LogP contribution in [0.5, 0.6) is 0 Å². The van der Waals surface area contributed by atoms with Crippen LogP contribution in [-0.4, -0.2) is 23.7 Å². The van der Waals surface area contributed by atoms with E-state index < -0.39 is 0 Å². The van der Waals surface area contributed by atoms with Gasteiger partial charge in [-0.25, -0.2) is 4.98 Å². The highest BCUT2D eigenvalue weighted by Gasteiger charge is 2.17. The molecule has 0 saturated carbocycles. The van der Waals surface area contributed by atoms with Gasteiger partial charge in [0.1, 0.15) is 5.82 Å². The van der Waals surface area contributed by atoms with E-state index in [1.165, 1.54) is 0 Å². The van der Waals surface area contributed by atoms with Crippen molar-refractivity contribution >= 4 is 37.7 Å². The molecule has 0 aliphatic carbocycles. The Morgan fingerprint density at radius 1 is 1.44 bits per heavy atom. The molecule has 0 spiro atoms. The summed E-state index contributed by atoms with van der Waals surface area (Å²) in [4.78, 5) is 4.28. The maximum absolute atomic E-state index is 5.60. The third-order valence-electron chi connectivity index (χ3n) is 2.02. The van der Waals surface area contributed by atoms with Crippen molar-refractivity contribution in [3.05, 3.63) is 21.2 Å². The van der Waals surface area contributed by atoms with Crippen molar-refractivity contribution in [1.82, 2.24) is 4.98 Å². The van der Waals surface area contributed by atoms with Crippen LogP contribution in [0.2, 0.25) is 0 Å². The standard InChI is InChI=1S/C11H16Br2N2O/c1-4-16-11(2,3)7-15-10-9(13)5-8(12)6-14-10/h5-6H,4,7H2,1-3H3,(H,14,15). The monoisotopic (exact) mass is 350 g/mol. The van der Waals surface area contributed by atoms with Gasteiger partial charge in [0.25, 0.3) is 0 Å². The number of anilines is 1. The molecule has 0 atom stereocenters. The molecule has 5 heteroatoms. The molecule has 0 bridgehead atoms. The Balaban J connectivity index is 2.61. The van der Waals surface area contributed by atoms with Crippen LogP contribution in [0.1, 0.15) is 20.8 Å². The van der Waals surface area contributed by atoms with Crippen molar-refractivity contribution in [2.24, 2.45) is 0 Å². The van der Waals surface area contributed by atoms with Crippen LogP contribution >= 0.6 is 31.9 Å². The van der Waals surface area contributed by atoms with Gasteiger partial charge in [-0.05, 0) is 58.7 Å². The zero-order chi connectivity index (χ0) is 12.2. The number of ether oxygens (including phenoxy) is 1. The number of nitrogens with one attached hydrogen (secondary N) is 1. The molecule has 0 aliphatic heterocycles. The van der Waals surface area contributed by atoms with Gasteiger partial charge in [0, 0.05) is 23.8 Å². The lowest BCUT2D eigenvalue weighted by molar-refractivity contribution is 0.000634. The molecule has 3 nitrogen and oxygen atoms in total. The number of hydrogen-bond acceptors (Lipinski definition) is 3. The molecule has 0 unspecified atom stereocenters. The number of hydrogen-bond donors (Lipinski definition) is 1. The molecule has 1 aromatic heterocycles. The van der Waals surface area contributed by atoms with Crippen LogP contribution in [0.25, 0.3) is 0 Å². The van der Waals surface area contributed by atoms with Crippen LogP contribution in [0.15, 0.2) is 21.2 Å². The normalized spacial score (nSPS) is 11.6. The van der Waals surface area contributed by atoms with Crippen LogP contribution in [-0.2, 0) is 4.74 Å². The molecule has 0 fully saturated rings. The molecule has 1 rings (SSSR count). The van der Waals surface area contributed by atoms with Crippen molar-refractivity contribution in [3.8, 4) is 0 Å². The minimum atomic E-state index is -0.192. The Labute approximate surface area is 113 Å². The van der Waals surface area contributed by atoms with Crippen LogP contribution in [0.3, 0.4) is 0 Å². The fourth-order valence-corrected chi connectivity index (χ4v) is 2.41. The molecule has 1 N–H and O–H groups in total. The van der Waals surface area contributed by atoms with E-state index in [1.807, 2.05) is 13.0 Å². The van der Waals surface area contributed by atoms with Crippen molar-refractivity contribution < 1.29 is 4.74 Å². The van der Waals surface area contributed by atoms with Crippen molar-refractivity contribution in [2.45, 2.75) is 26.4 Å². The van der Waals surface area contributed by atoms with Gasteiger partial charge < -0.3 is 10.1 Å². The fraction of sp³-hybridized carbons (Fsp3) is 0.545. The highest BCUT2D eigenvalue weighted by molar-refractivity contribution is 9.11. The second-order valence-electron chi connectivity index (χ2n) is 4.03. The molecule has 1 aromatic rings. The minimum Gasteiger partial charge on any atom is -0.374 e. The second kappa shape index (κ2) is 5.98. The summed E-state index contributed by atoms with van der Waals surface area (Å²) in [7, 11) is 0. The van der Waals surface area contributed by atoms with E-state index in [0.717, 1.165) is 14.8 Å². The lowest BCUT2D eigenvalue weighted by atomic mass is 10.1. The van der Waals surface area contributed by atoms with E-state index in [1.54, 1.807) is 6.20 Å². The molecular weight excluding hydrogens is 336 g/mol. The largest absolute Gasteiger partial charge is 0.374 e. The molecular formula is C11H16Br2N2O. The first-order chi connectivity index (χ1) is 7.44. The van der Waals surface area contributed by atoms with Gasteiger partial charge >= 0.3 is 0 Å². The SMILES string of the molecule is CCOC(C)(C)CNc1ncc(Br)cc1Br. The van der Waals surface area contributed by atoms with E-state index in [9.17, 15) is 0 Å². The highest BCUT2D eigenvalue weighted by atomic mass is 79.9. The van der Waals surface area contributed by atoms with Gasteiger partial charge in [-0.15, -0.1) is 0 Å². The zero-order valence-corrected chi connectivity index (χ0v) is 12.9. The van der Waals surface area contributed by atoms with E-state index in [0.29, 0.717) is 13.2 Å². The molecule has 1 heterocycles. The fourth-order valence-electron chi connectivity index (χ4n) is 1.28. The van der Waals surface area contributed by atoms with Crippen molar-refractivity contribution in [1.29, 1.82) is 0 Å². The summed E-state index contributed by atoms with van der Waals surface area (Å²) < 4.78 is 7.49. The molecule has 0 aliphatic rings. The van der Waals surface area contributed by atoms with Gasteiger partial charge in [0.15, 0.2) is 0 Å². The summed E-state index contributed by atoms with van der Waals surface area (Å²) in [5, 5.41) is 3.26. The van der Waals surface area contributed by atoms with Crippen molar-refractivity contribution in [2.75, 3.05) is 18.5 Å². The average molecular weight is 352 g/mol. The summed E-state index contributed by atoms with van der Waals surface area (Å²) in [5.41, 5.74) is -0.192. The Morgan fingerprint density at radius 2 is 2.12 bits per heavy atom. The summed E-state index contributed by atoms with van der Waals surface area (Å²) in [5.74, 6) is 0.830. The number of halogens is 2. The predicted molar refractivity (Wildman–Crippen MR) is 73.8 cm³/mol. The summed E-state index contributed by atoms with van der Waals surface area (Å²) >= 11 is 6.82. The van der Waals surface area contributed by atoms with E-state index in [-0.39, 0.29) is 5.60 Å². The van der Waals surface area contributed by atoms with E-state index in [4.69, 9.17) is 4.74 Å². The van der Waals surface area contributed by atoms with Gasteiger partial charge in [-0.2, -0.15) is 0 Å². The Bertz CT molecular complexity index is 356. The van der Waals surface area contributed by atoms with Gasteiger partial charge in [0.05, 0.1) is 10.1 Å². The molecule has 90 valence electrons. The second-order valence-corrected chi connectivity index (χ2v) is 5.80. The lowest BCUT2D eigenvalue weighted by Crippen LogP contribution is -2.33. The predicted octanol–water partition coefficient (Wildman–Crippen LogP) is 3.83. The van der Waals surface area contributed by atoms with E-state index in [2.05, 4.69) is 56.0 Å². The average Bonchev–Trinajstić information content (AvgIpc) is 2.16. The topological polar surface area (TPSA) is 34.1 Å². The maximum Gasteiger partial charge on any atom is 0.140 e. The Morgan fingerprint density at radius 3 is 2.69 bits per heavy atom. The summed E-state index contributed by atoms with van der Waals surface area (Å²) in [6, 6.07) is 1.96. The third-order valence-corrected chi connectivity index (χ3v) is 3.06. The number of aromatic nitrogens is 1. The summed E-state index contributed by atoms with van der Waals surface area (Å²) in [6.07, 6.45) is 1.76. The molecule has 0 saturated heterocycles. The number of nitrogens with zero attached hydrogens (tertiary/aromatic N) is 1. The first kappa shape index (κ1) is 13.9. The zero-order valence-electron chi connectivity index (χ0n) is 9.68. The van der Waals surface area contributed by atoms with Crippen molar-refractivity contribution in [3.63, 3.8) is 0 Å². The highest BCUT2D eigenvalue weighted by Crippen LogP contribution is 2.24. The smallest absolute Gasteiger partial charge is 0.140 e. The van der Waals surface area contributed by atoms with Crippen LogP contribution < -0.4 is 5.32 Å². The molecule has 0 aromatic carbocycles. The third kappa shape index (κ3) is 4.39. The maximum atomic E-state index is 5.60. The first-order valence-electron chi connectivity index (χ1n) is 5.13. The Hall–Kier alpha value is -0.130. The van der Waals surface area contributed by atoms with Gasteiger partial charge in [0.2, 0.25) is 0 Å². The van der Waals surface area contributed by atoms with Gasteiger partial charge in [-0.1, -0.05) is 0 Å². The van der Waals surface area contributed by atoms with E-state index >= 15 is 0 Å². The molecule has 0 radical (unpaired) electrons. The lowest BCUT2D eigenvalue weighted by Gasteiger charge is -2.25. The van der Waals surface area contributed by atoms with Gasteiger partial charge in [-0.3, -0.25) is 0 Å². The van der Waals surface area contributed by atoms with Crippen LogP contribution in [0, 0.1) is 0 Å². The first-order valence-corrected chi connectivity index (χ1v) is 6.72. The Kier molecular flexibility index (Phi) is 5.21. The molecule has 0 amide bonds. The quantitative estimate of drug-likeness (QED) is 0.875. The van der Waals surface area contributed by atoms with Crippen LogP contribution in [0.4, 0.5) is 5.82 Å². The summed E-state index contributed by atoms with van der Waals surface area (Å²) in [6.45, 7) is 7.53. The number of rotatable bonds is 5. The number of pyridine rings is 1. The minimum absolute atomic E-state index is 0.192. The molecule has 16 heavy (non-hydrogen) atoms.